The highest BCUT2D eigenvalue weighted by Gasteiger charge is 2.50. The average molecular weight is 338 g/mol. The van der Waals surface area contributed by atoms with Crippen molar-refractivity contribution in [1.82, 2.24) is 9.88 Å². The van der Waals surface area contributed by atoms with Crippen molar-refractivity contribution >= 4 is 15.7 Å². The minimum Gasteiger partial charge on any atom is -0.479 e. The van der Waals surface area contributed by atoms with E-state index in [1.807, 2.05) is 0 Å². The summed E-state index contributed by atoms with van der Waals surface area (Å²) in [5.41, 5.74) is 0. The van der Waals surface area contributed by atoms with Gasteiger partial charge in [-0.05, 0) is 38.3 Å². The molecule has 1 unspecified atom stereocenters. The molecule has 0 radical (unpaired) electrons. The Balaban J connectivity index is 1.66. The number of nitrogens with zero attached hydrogens (tertiary/aromatic N) is 2. The fourth-order valence-electron chi connectivity index (χ4n) is 3.33. The predicted molar refractivity (Wildman–Crippen MR) is 85.9 cm³/mol. The third-order valence-corrected chi connectivity index (χ3v) is 7.65. The maximum Gasteiger partial charge on any atom is 0.263 e. The van der Waals surface area contributed by atoms with Gasteiger partial charge < -0.3 is 9.64 Å². The van der Waals surface area contributed by atoms with Crippen LogP contribution in [-0.4, -0.2) is 53.9 Å². The lowest BCUT2D eigenvalue weighted by Gasteiger charge is -2.40. The van der Waals surface area contributed by atoms with Crippen molar-refractivity contribution in [3.05, 3.63) is 24.5 Å². The molecule has 2 aliphatic rings. The number of pyridine rings is 1. The van der Waals surface area contributed by atoms with Crippen LogP contribution in [0.3, 0.4) is 0 Å². The number of aromatic nitrogens is 1. The number of ether oxygens (including phenoxy) is 1. The van der Waals surface area contributed by atoms with E-state index in [1.54, 1.807) is 36.4 Å². The van der Waals surface area contributed by atoms with Crippen molar-refractivity contribution in [3.63, 3.8) is 0 Å². The quantitative estimate of drug-likeness (QED) is 0.833. The van der Waals surface area contributed by atoms with Gasteiger partial charge in [0.15, 0.2) is 15.9 Å². The first kappa shape index (κ1) is 16.2. The van der Waals surface area contributed by atoms with E-state index in [-0.39, 0.29) is 18.2 Å². The van der Waals surface area contributed by atoms with Gasteiger partial charge in [0, 0.05) is 19.3 Å². The molecule has 3 rings (SSSR count). The molecule has 6 nitrogen and oxygen atoms in total. The molecule has 1 saturated heterocycles. The van der Waals surface area contributed by atoms with Gasteiger partial charge >= 0.3 is 0 Å². The number of rotatable bonds is 3. The Morgan fingerprint density at radius 2 is 2.13 bits per heavy atom. The molecule has 2 fully saturated rings. The number of carbonyl (C=O) groups excluding carboxylic acids is 1. The molecule has 23 heavy (non-hydrogen) atoms. The molecule has 0 N–H and O–H groups in total. The molecule has 7 heteroatoms. The lowest BCUT2D eigenvalue weighted by molar-refractivity contribution is -0.137. The van der Waals surface area contributed by atoms with E-state index in [2.05, 4.69) is 4.98 Å². The monoisotopic (exact) mass is 338 g/mol. The van der Waals surface area contributed by atoms with Gasteiger partial charge in [-0.2, -0.15) is 0 Å². The van der Waals surface area contributed by atoms with Crippen LogP contribution in [0, 0.1) is 0 Å². The molecule has 1 saturated carbocycles. The van der Waals surface area contributed by atoms with Gasteiger partial charge in [0.1, 0.15) is 5.75 Å². The van der Waals surface area contributed by atoms with Crippen LogP contribution in [0.5, 0.6) is 5.75 Å². The van der Waals surface area contributed by atoms with Crippen LogP contribution >= 0.6 is 0 Å². The fourth-order valence-corrected chi connectivity index (χ4v) is 5.54. The summed E-state index contributed by atoms with van der Waals surface area (Å²) < 4.78 is 30.0. The van der Waals surface area contributed by atoms with Crippen LogP contribution in [-0.2, 0) is 14.6 Å². The lowest BCUT2D eigenvalue weighted by atomic mass is 9.81. The van der Waals surface area contributed by atoms with Gasteiger partial charge in [-0.1, -0.05) is 6.42 Å². The zero-order valence-corrected chi connectivity index (χ0v) is 14.1. The van der Waals surface area contributed by atoms with Gasteiger partial charge in [0.25, 0.3) is 5.91 Å². The topological polar surface area (TPSA) is 76.6 Å². The summed E-state index contributed by atoms with van der Waals surface area (Å²) in [6.45, 7) is 2.43. The standard InChI is InChI=1S/C16H22N2O4S/c1-13(22-14-4-2-8-17-12-14)15(19)18-9-7-16(5-3-6-16)23(20,21)11-10-18/h2,4,8,12-13H,3,5-7,9-11H2,1H3. The first-order valence-electron chi connectivity index (χ1n) is 8.01. The molecular formula is C16H22N2O4S. The van der Waals surface area contributed by atoms with Crippen molar-refractivity contribution in [2.45, 2.75) is 43.5 Å². The highest BCUT2D eigenvalue weighted by Crippen LogP contribution is 2.43. The van der Waals surface area contributed by atoms with Crippen molar-refractivity contribution in [3.8, 4) is 5.75 Å². The van der Waals surface area contributed by atoms with Crippen molar-refractivity contribution in [2.24, 2.45) is 0 Å². The van der Waals surface area contributed by atoms with Crippen LogP contribution in [0.4, 0.5) is 0 Å². The Bertz CT molecular complexity index is 671. The third-order valence-electron chi connectivity index (χ3n) is 5.00. The molecule has 1 aliphatic heterocycles. The second kappa shape index (κ2) is 6.11. The number of carbonyl (C=O) groups is 1. The Labute approximate surface area is 136 Å². The van der Waals surface area contributed by atoms with E-state index in [9.17, 15) is 13.2 Å². The zero-order chi connectivity index (χ0) is 16.5. The van der Waals surface area contributed by atoms with E-state index in [0.29, 0.717) is 18.7 Å². The Kier molecular flexibility index (Phi) is 4.31. The van der Waals surface area contributed by atoms with Crippen molar-refractivity contribution in [1.29, 1.82) is 0 Å². The molecule has 1 spiro atoms. The zero-order valence-electron chi connectivity index (χ0n) is 13.3. The van der Waals surface area contributed by atoms with E-state index in [0.717, 1.165) is 19.3 Å². The average Bonchev–Trinajstić information content (AvgIpc) is 2.63. The smallest absolute Gasteiger partial charge is 0.263 e. The molecule has 1 atom stereocenters. The Morgan fingerprint density at radius 3 is 2.74 bits per heavy atom. The molecular weight excluding hydrogens is 316 g/mol. The molecule has 0 bridgehead atoms. The van der Waals surface area contributed by atoms with Crippen LogP contribution in [0.2, 0.25) is 0 Å². The SMILES string of the molecule is CC(Oc1cccnc1)C(=O)N1CCC2(CCC2)S(=O)(=O)CC1. The fraction of sp³-hybridized carbons (Fsp3) is 0.625. The molecule has 1 aromatic heterocycles. The molecule has 0 aromatic carbocycles. The number of hydrogen-bond donors (Lipinski definition) is 0. The molecule has 2 heterocycles. The summed E-state index contributed by atoms with van der Waals surface area (Å²) in [5, 5.41) is 0. The third kappa shape index (κ3) is 3.06. The van der Waals surface area contributed by atoms with Gasteiger partial charge in [-0.25, -0.2) is 8.42 Å². The highest BCUT2D eigenvalue weighted by molar-refractivity contribution is 7.92. The summed E-state index contributed by atoms with van der Waals surface area (Å²) in [5.74, 6) is 0.421. The highest BCUT2D eigenvalue weighted by atomic mass is 32.2. The summed E-state index contributed by atoms with van der Waals surface area (Å²) >= 11 is 0. The van der Waals surface area contributed by atoms with Crippen LogP contribution in [0.1, 0.15) is 32.6 Å². The van der Waals surface area contributed by atoms with Gasteiger partial charge in [0.2, 0.25) is 0 Å². The van der Waals surface area contributed by atoms with Crippen LogP contribution < -0.4 is 4.74 Å². The molecule has 1 amide bonds. The van der Waals surface area contributed by atoms with Gasteiger partial charge in [0.05, 0.1) is 16.7 Å². The Morgan fingerprint density at radius 1 is 1.35 bits per heavy atom. The second-order valence-electron chi connectivity index (χ2n) is 6.38. The normalized spacial score (nSPS) is 23.6. The van der Waals surface area contributed by atoms with Gasteiger partial charge in [-0.3, -0.25) is 9.78 Å². The summed E-state index contributed by atoms with van der Waals surface area (Å²) in [7, 11) is -3.12. The Hall–Kier alpha value is -1.63. The number of hydrogen-bond acceptors (Lipinski definition) is 5. The molecule has 1 aliphatic carbocycles. The predicted octanol–water partition coefficient (Wildman–Crippen LogP) is 1.42. The first-order chi connectivity index (χ1) is 10.9. The largest absolute Gasteiger partial charge is 0.479 e. The lowest BCUT2D eigenvalue weighted by Crippen LogP contribution is -2.46. The molecule has 1 aromatic rings. The summed E-state index contributed by atoms with van der Waals surface area (Å²) in [4.78, 5) is 18.2. The minimum atomic E-state index is -3.12. The van der Waals surface area contributed by atoms with Crippen LogP contribution in [0.15, 0.2) is 24.5 Å². The van der Waals surface area contributed by atoms with Crippen molar-refractivity contribution in [2.75, 3.05) is 18.8 Å². The summed E-state index contributed by atoms with van der Waals surface area (Å²) in [6.07, 6.45) is 5.52. The number of sulfone groups is 1. The maximum atomic E-state index is 12.6. The molecule has 126 valence electrons. The minimum absolute atomic E-state index is 0.0539. The van der Waals surface area contributed by atoms with E-state index in [4.69, 9.17) is 4.74 Å². The summed E-state index contributed by atoms with van der Waals surface area (Å²) in [6, 6.07) is 3.48. The maximum absolute atomic E-state index is 12.6. The van der Waals surface area contributed by atoms with E-state index in [1.165, 1.54) is 0 Å². The van der Waals surface area contributed by atoms with Crippen LogP contribution in [0.25, 0.3) is 0 Å². The number of amides is 1. The first-order valence-corrected chi connectivity index (χ1v) is 9.67. The van der Waals surface area contributed by atoms with E-state index < -0.39 is 20.7 Å². The van der Waals surface area contributed by atoms with E-state index >= 15 is 0 Å². The van der Waals surface area contributed by atoms with Crippen molar-refractivity contribution < 1.29 is 17.9 Å². The van der Waals surface area contributed by atoms with Gasteiger partial charge in [-0.15, -0.1) is 0 Å². The second-order valence-corrected chi connectivity index (χ2v) is 8.88.